The smallest absolute Gasteiger partial charge is 0.240 e. The van der Waals surface area contributed by atoms with Gasteiger partial charge in [-0.25, -0.2) is 13.1 Å². The Balaban J connectivity index is 2.10. The van der Waals surface area contributed by atoms with Crippen LogP contribution in [0.4, 0.5) is 11.4 Å². The number of anilines is 2. The molecule has 6 heteroatoms. The fraction of sp³-hybridized carbons (Fsp3) is 0.600. The van der Waals surface area contributed by atoms with Gasteiger partial charge in [-0.2, -0.15) is 0 Å². The average molecular weight is 311 g/mol. The number of hydrogen-bond acceptors (Lipinski definition) is 4. The van der Waals surface area contributed by atoms with Gasteiger partial charge in [0.25, 0.3) is 0 Å². The number of nitrogens with one attached hydrogen (secondary N) is 2. The van der Waals surface area contributed by atoms with Crippen molar-refractivity contribution in [3.05, 3.63) is 18.2 Å². The lowest BCUT2D eigenvalue weighted by atomic mass is 9.80. The quantitative estimate of drug-likeness (QED) is 0.729. The Hall–Kier alpha value is -1.27. The molecule has 0 saturated heterocycles. The Morgan fingerprint density at radius 3 is 2.67 bits per heavy atom. The van der Waals surface area contributed by atoms with Crippen LogP contribution in [0.1, 0.15) is 32.6 Å². The zero-order valence-electron chi connectivity index (χ0n) is 12.7. The first kappa shape index (κ1) is 16.1. The molecule has 1 aliphatic rings. The Labute approximate surface area is 127 Å². The predicted octanol–water partition coefficient (Wildman–Crippen LogP) is 2.42. The van der Waals surface area contributed by atoms with Crippen molar-refractivity contribution in [3.63, 3.8) is 0 Å². The summed E-state index contributed by atoms with van der Waals surface area (Å²) in [6.45, 7) is 3.13. The first-order chi connectivity index (χ1) is 9.94. The number of nitrogens with two attached hydrogens (primary N) is 1. The molecule has 2 atom stereocenters. The van der Waals surface area contributed by atoms with Gasteiger partial charge in [0.1, 0.15) is 0 Å². The van der Waals surface area contributed by atoms with E-state index in [1.807, 2.05) is 0 Å². The fourth-order valence-corrected chi connectivity index (χ4v) is 3.67. The van der Waals surface area contributed by atoms with Crippen LogP contribution in [-0.2, 0) is 10.0 Å². The van der Waals surface area contributed by atoms with Crippen molar-refractivity contribution in [3.8, 4) is 0 Å². The van der Waals surface area contributed by atoms with Gasteiger partial charge in [0.2, 0.25) is 10.0 Å². The second kappa shape index (κ2) is 6.66. The molecule has 0 amide bonds. The summed E-state index contributed by atoms with van der Waals surface area (Å²) < 4.78 is 26.0. The second-order valence-corrected chi connectivity index (χ2v) is 7.75. The van der Waals surface area contributed by atoms with Crippen LogP contribution in [0.3, 0.4) is 0 Å². The van der Waals surface area contributed by atoms with Gasteiger partial charge in [-0.1, -0.05) is 26.2 Å². The van der Waals surface area contributed by atoms with Crippen molar-refractivity contribution in [1.29, 1.82) is 0 Å². The van der Waals surface area contributed by atoms with E-state index in [1.54, 1.807) is 12.1 Å². The normalized spacial score (nSPS) is 23.0. The minimum atomic E-state index is -3.44. The molecule has 1 aromatic rings. The van der Waals surface area contributed by atoms with E-state index in [9.17, 15) is 8.42 Å². The van der Waals surface area contributed by atoms with Gasteiger partial charge in [0.15, 0.2) is 0 Å². The molecule has 0 spiro atoms. The van der Waals surface area contributed by atoms with E-state index >= 15 is 0 Å². The third kappa shape index (κ3) is 3.89. The summed E-state index contributed by atoms with van der Waals surface area (Å²) in [6.07, 6.45) is 5.09. The van der Waals surface area contributed by atoms with Crippen molar-refractivity contribution in [1.82, 2.24) is 4.72 Å². The van der Waals surface area contributed by atoms with E-state index in [1.165, 1.54) is 38.8 Å². The van der Waals surface area contributed by atoms with Gasteiger partial charge in [0.05, 0.1) is 16.3 Å². The van der Waals surface area contributed by atoms with Crippen LogP contribution in [0, 0.1) is 11.8 Å². The number of rotatable bonds is 5. The highest BCUT2D eigenvalue weighted by Crippen LogP contribution is 2.30. The van der Waals surface area contributed by atoms with E-state index in [0.29, 0.717) is 23.2 Å². The van der Waals surface area contributed by atoms with Crippen molar-refractivity contribution < 1.29 is 8.42 Å². The molecular formula is C15H25N3O2S. The lowest BCUT2D eigenvalue weighted by Gasteiger charge is -2.29. The largest absolute Gasteiger partial charge is 0.397 e. The van der Waals surface area contributed by atoms with E-state index in [0.717, 1.165) is 6.54 Å². The molecule has 0 aromatic heterocycles. The Morgan fingerprint density at radius 2 is 2.00 bits per heavy atom. The van der Waals surface area contributed by atoms with Gasteiger partial charge in [0, 0.05) is 6.54 Å². The molecule has 21 heavy (non-hydrogen) atoms. The predicted molar refractivity (Wildman–Crippen MR) is 86.7 cm³/mol. The summed E-state index contributed by atoms with van der Waals surface area (Å²) >= 11 is 0. The molecule has 2 rings (SSSR count). The van der Waals surface area contributed by atoms with E-state index < -0.39 is 10.0 Å². The third-order valence-electron chi connectivity index (χ3n) is 4.45. The monoisotopic (exact) mass is 311 g/mol. The minimum absolute atomic E-state index is 0.235. The molecule has 2 unspecified atom stereocenters. The lowest BCUT2D eigenvalue weighted by Crippen LogP contribution is -2.25. The first-order valence-electron chi connectivity index (χ1n) is 7.51. The molecule has 0 radical (unpaired) electrons. The van der Waals surface area contributed by atoms with Crippen molar-refractivity contribution in [2.45, 2.75) is 37.5 Å². The molecule has 0 heterocycles. The van der Waals surface area contributed by atoms with Gasteiger partial charge in [-0.15, -0.1) is 0 Å². The van der Waals surface area contributed by atoms with Crippen LogP contribution in [0.5, 0.6) is 0 Å². The van der Waals surface area contributed by atoms with Crippen molar-refractivity contribution >= 4 is 21.4 Å². The fourth-order valence-electron chi connectivity index (χ4n) is 2.91. The number of nitrogen functional groups attached to an aromatic ring is 1. The molecule has 0 aliphatic heterocycles. The molecular weight excluding hydrogens is 286 g/mol. The van der Waals surface area contributed by atoms with Crippen LogP contribution in [0.2, 0.25) is 0 Å². The Bertz CT molecular complexity index is 587. The number of benzene rings is 1. The molecule has 0 bridgehead atoms. The van der Waals surface area contributed by atoms with Gasteiger partial charge in [-0.05, 0) is 43.5 Å². The first-order valence-corrected chi connectivity index (χ1v) is 8.99. The highest BCUT2D eigenvalue weighted by Gasteiger charge is 2.21. The van der Waals surface area contributed by atoms with E-state index in [-0.39, 0.29) is 4.90 Å². The molecule has 4 N–H and O–H groups in total. The summed E-state index contributed by atoms with van der Waals surface area (Å²) in [4.78, 5) is 0.235. The molecule has 1 aromatic carbocycles. The van der Waals surface area contributed by atoms with Gasteiger partial charge in [-0.3, -0.25) is 0 Å². The maximum atomic E-state index is 11.8. The lowest BCUT2D eigenvalue weighted by molar-refractivity contribution is 0.268. The van der Waals surface area contributed by atoms with E-state index in [2.05, 4.69) is 17.0 Å². The van der Waals surface area contributed by atoms with Crippen LogP contribution in [-0.4, -0.2) is 22.0 Å². The average Bonchev–Trinajstić information content (AvgIpc) is 2.47. The zero-order chi connectivity index (χ0) is 15.5. The van der Waals surface area contributed by atoms with E-state index in [4.69, 9.17) is 5.73 Å². The highest BCUT2D eigenvalue weighted by molar-refractivity contribution is 7.89. The van der Waals surface area contributed by atoms with Crippen molar-refractivity contribution in [2.24, 2.45) is 11.8 Å². The highest BCUT2D eigenvalue weighted by atomic mass is 32.2. The molecule has 118 valence electrons. The van der Waals surface area contributed by atoms with Gasteiger partial charge < -0.3 is 11.1 Å². The minimum Gasteiger partial charge on any atom is -0.397 e. The van der Waals surface area contributed by atoms with Crippen LogP contribution in [0.25, 0.3) is 0 Å². The zero-order valence-corrected chi connectivity index (χ0v) is 13.5. The summed E-state index contributed by atoms with van der Waals surface area (Å²) in [5.41, 5.74) is 7.22. The summed E-state index contributed by atoms with van der Waals surface area (Å²) in [7, 11) is -2.03. The molecule has 1 fully saturated rings. The van der Waals surface area contributed by atoms with Crippen molar-refractivity contribution in [2.75, 3.05) is 24.6 Å². The Morgan fingerprint density at radius 1 is 1.29 bits per heavy atom. The topological polar surface area (TPSA) is 84.2 Å². The van der Waals surface area contributed by atoms with Crippen LogP contribution in [0.15, 0.2) is 23.1 Å². The Kier molecular flexibility index (Phi) is 5.11. The standard InChI is InChI=1S/C15H25N3O2S/c1-11-5-3-4-6-12(11)10-18-15-9-13(7-8-14(15)16)21(19,20)17-2/h7-9,11-12,17-18H,3-6,10,16H2,1-2H3. The number of sulfonamides is 1. The molecule has 1 aliphatic carbocycles. The summed E-state index contributed by atoms with van der Waals surface area (Å²) in [5, 5.41) is 3.33. The van der Waals surface area contributed by atoms with Crippen LogP contribution < -0.4 is 15.8 Å². The second-order valence-electron chi connectivity index (χ2n) is 5.86. The molecule has 5 nitrogen and oxygen atoms in total. The summed E-state index contributed by atoms with van der Waals surface area (Å²) in [5.74, 6) is 1.33. The van der Waals surface area contributed by atoms with Crippen LogP contribution >= 0.6 is 0 Å². The molecule has 1 saturated carbocycles. The number of hydrogen-bond donors (Lipinski definition) is 3. The third-order valence-corrected chi connectivity index (χ3v) is 5.86. The van der Waals surface area contributed by atoms with Gasteiger partial charge >= 0.3 is 0 Å². The SMILES string of the molecule is CNS(=O)(=O)c1ccc(N)c(NCC2CCCCC2C)c1. The summed E-state index contributed by atoms with van der Waals surface area (Å²) in [6, 6.07) is 4.76. The maximum absolute atomic E-state index is 11.8. The maximum Gasteiger partial charge on any atom is 0.240 e.